The van der Waals surface area contributed by atoms with Gasteiger partial charge in [-0.1, -0.05) is 0 Å². The van der Waals surface area contributed by atoms with Gasteiger partial charge in [0.05, 0.1) is 16.5 Å². The molecule has 0 saturated heterocycles. The van der Waals surface area contributed by atoms with Gasteiger partial charge in [-0.05, 0) is 42.8 Å². The minimum Gasteiger partial charge on any atom is -0.457 e. The first-order valence-corrected chi connectivity index (χ1v) is 9.44. The predicted octanol–water partition coefficient (Wildman–Crippen LogP) is 3.58. The highest BCUT2D eigenvalue weighted by molar-refractivity contribution is 7.91. The number of alkyl halides is 3. The average Bonchev–Trinajstić information content (AvgIpc) is 2.85. The third-order valence-corrected chi connectivity index (χ3v) is 5.56. The number of sulfone groups is 1. The van der Waals surface area contributed by atoms with E-state index in [9.17, 15) is 26.7 Å². The van der Waals surface area contributed by atoms with E-state index in [4.69, 9.17) is 10.00 Å². The largest absolute Gasteiger partial charge is 0.457 e. The molecule has 2 aromatic carbocycles. The summed E-state index contributed by atoms with van der Waals surface area (Å²) in [5, 5.41) is 19.0. The van der Waals surface area contributed by atoms with Gasteiger partial charge in [0.2, 0.25) is 9.84 Å². The van der Waals surface area contributed by atoms with E-state index in [1.807, 2.05) is 6.07 Å². The molecule has 0 saturated carbocycles. The summed E-state index contributed by atoms with van der Waals surface area (Å²) in [7, 11) is -4.47. The van der Waals surface area contributed by atoms with Crippen LogP contribution in [-0.2, 0) is 16.3 Å². The van der Waals surface area contributed by atoms with Crippen LogP contribution < -0.4 is 4.74 Å². The lowest BCUT2D eigenvalue weighted by Gasteiger charge is -2.16. The van der Waals surface area contributed by atoms with E-state index >= 15 is 0 Å². The summed E-state index contributed by atoms with van der Waals surface area (Å²) in [6.07, 6.45) is -3.34. The van der Waals surface area contributed by atoms with Crippen molar-refractivity contribution in [2.75, 3.05) is 6.01 Å². The number of rotatable bonds is 4. The molecule has 1 aliphatic rings. The number of hydrogen-bond donors (Lipinski definition) is 1. The third kappa shape index (κ3) is 3.38. The summed E-state index contributed by atoms with van der Waals surface area (Å²) in [6, 6.07) is 6.82. The van der Waals surface area contributed by atoms with E-state index in [0.29, 0.717) is 11.1 Å². The lowest BCUT2D eigenvalue weighted by atomic mass is 10.1. The van der Waals surface area contributed by atoms with E-state index in [1.54, 1.807) is 19.1 Å². The Morgan fingerprint density at radius 1 is 1.33 bits per heavy atom. The second-order valence-corrected chi connectivity index (χ2v) is 8.15. The molecule has 9 heteroatoms. The maximum atomic E-state index is 14.1. The predicted molar refractivity (Wildman–Crippen MR) is 89.2 cm³/mol. The molecule has 0 amide bonds. The van der Waals surface area contributed by atoms with Gasteiger partial charge in [0, 0.05) is 17.5 Å². The molecule has 1 N–H and O–H groups in total. The number of benzene rings is 2. The fourth-order valence-corrected chi connectivity index (χ4v) is 4.04. The van der Waals surface area contributed by atoms with Crippen LogP contribution in [0.5, 0.6) is 11.5 Å². The Morgan fingerprint density at radius 2 is 2.04 bits per heavy atom. The molecule has 3 rings (SSSR count). The van der Waals surface area contributed by atoms with Gasteiger partial charge in [-0.2, -0.15) is 5.26 Å². The number of hydrogen-bond acceptors (Lipinski definition) is 5. The summed E-state index contributed by atoms with van der Waals surface area (Å²) in [5.74, 6) is -3.51. The first-order valence-electron chi connectivity index (χ1n) is 7.79. The standard InChI is InChI=1S/C18H14F3NO4S/c1-10-4-11(8-22)6-12(5-10)26-14-2-3-15(27(24,25)9-19)16-13(14)7-18(20,21)17(16)23/h2-6,17,23H,7,9H2,1H3/t17-/m0/s1. The Labute approximate surface area is 153 Å². The summed E-state index contributed by atoms with van der Waals surface area (Å²) < 4.78 is 70.5. The third-order valence-electron chi connectivity index (χ3n) is 4.25. The van der Waals surface area contributed by atoms with E-state index in [2.05, 4.69) is 0 Å². The fourth-order valence-electron chi connectivity index (χ4n) is 3.07. The Morgan fingerprint density at radius 3 is 2.67 bits per heavy atom. The van der Waals surface area contributed by atoms with Crippen molar-refractivity contribution in [2.45, 2.75) is 30.3 Å². The Kier molecular flexibility index (Phi) is 4.66. The van der Waals surface area contributed by atoms with Gasteiger partial charge < -0.3 is 9.84 Å². The van der Waals surface area contributed by atoms with Crippen LogP contribution in [0, 0.1) is 18.3 Å². The molecule has 2 aromatic rings. The molecular weight excluding hydrogens is 383 g/mol. The van der Waals surface area contributed by atoms with Crippen molar-refractivity contribution in [3.63, 3.8) is 0 Å². The lowest BCUT2D eigenvalue weighted by molar-refractivity contribution is -0.0976. The number of aryl methyl sites for hydroxylation is 1. The van der Waals surface area contributed by atoms with E-state index in [1.165, 1.54) is 6.07 Å². The molecule has 0 bridgehead atoms. The van der Waals surface area contributed by atoms with Crippen molar-refractivity contribution in [1.82, 2.24) is 0 Å². The molecule has 0 fully saturated rings. The zero-order chi connectivity index (χ0) is 20.0. The molecule has 0 aliphatic heterocycles. The molecule has 0 aromatic heterocycles. The zero-order valence-electron chi connectivity index (χ0n) is 14.0. The van der Waals surface area contributed by atoms with Gasteiger partial charge in [0.1, 0.15) is 17.6 Å². The number of nitrogens with zero attached hydrogens (tertiary/aromatic N) is 1. The highest BCUT2D eigenvalue weighted by Gasteiger charge is 2.50. The van der Waals surface area contributed by atoms with Crippen LogP contribution in [0.1, 0.15) is 28.4 Å². The highest BCUT2D eigenvalue weighted by atomic mass is 32.2. The van der Waals surface area contributed by atoms with Gasteiger partial charge in [0.25, 0.3) is 5.92 Å². The van der Waals surface area contributed by atoms with Crippen LogP contribution in [0.25, 0.3) is 0 Å². The second-order valence-electron chi connectivity index (χ2n) is 6.27. The van der Waals surface area contributed by atoms with Crippen LogP contribution in [0.3, 0.4) is 0 Å². The number of aliphatic hydroxyl groups excluding tert-OH is 1. The summed E-state index contributed by atoms with van der Waals surface area (Å²) in [6.45, 7) is 1.72. The van der Waals surface area contributed by atoms with E-state index in [-0.39, 0.29) is 17.1 Å². The summed E-state index contributed by atoms with van der Waals surface area (Å²) in [5.41, 5.74) is 0.233. The van der Waals surface area contributed by atoms with Crippen LogP contribution in [-0.4, -0.2) is 25.5 Å². The number of nitriles is 1. The van der Waals surface area contributed by atoms with Gasteiger partial charge in [0.15, 0.2) is 6.01 Å². The van der Waals surface area contributed by atoms with E-state index in [0.717, 1.165) is 12.1 Å². The number of fused-ring (bicyclic) bond motifs is 1. The van der Waals surface area contributed by atoms with Gasteiger partial charge in [-0.25, -0.2) is 21.6 Å². The smallest absolute Gasteiger partial charge is 0.281 e. The van der Waals surface area contributed by atoms with Crippen LogP contribution in [0.2, 0.25) is 0 Å². The highest BCUT2D eigenvalue weighted by Crippen LogP contribution is 2.49. The summed E-state index contributed by atoms with van der Waals surface area (Å²) >= 11 is 0. The van der Waals surface area contributed by atoms with Crippen molar-refractivity contribution < 1.29 is 31.4 Å². The van der Waals surface area contributed by atoms with Gasteiger partial charge >= 0.3 is 0 Å². The van der Waals surface area contributed by atoms with Gasteiger partial charge in [-0.3, -0.25) is 0 Å². The van der Waals surface area contributed by atoms with Crippen molar-refractivity contribution in [3.8, 4) is 17.6 Å². The lowest BCUT2D eigenvalue weighted by Crippen LogP contribution is -2.22. The van der Waals surface area contributed by atoms with Crippen LogP contribution in [0.4, 0.5) is 13.2 Å². The molecule has 0 spiro atoms. The van der Waals surface area contributed by atoms with Crippen LogP contribution >= 0.6 is 0 Å². The van der Waals surface area contributed by atoms with Crippen molar-refractivity contribution in [3.05, 3.63) is 52.6 Å². The molecular formula is C18H14F3NO4S. The molecule has 0 heterocycles. The maximum Gasteiger partial charge on any atom is 0.281 e. The monoisotopic (exact) mass is 397 g/mol. The van der Waals surface area contributed by atoms with Crippen molar-refractivity contribution in [1.29, 1.82) is 5.26 Å². The molecule has 27 heavy (non-hydrogen) atoms. The van der Waals surface area contributed by atoms with Crippen LogP contribution in [0.15, 0.2) is 35.2 Å². The SMILES string of the molecule is Cc1cc(C#N)cc(Oc2ccc(S(=O)(=O)CF)c3c2CC(F)(F)[C@H]3O)c1. The molecule has 5 nitrogen and oxygen atoms in total. The second kappa shape index (κ2) is 6.55. The Bertz CT molecular complexity index is 1060. The minimum absolute atomic E-state index is 0.0893. The summed E-state index contributed by atoms with van der Waals surface area (Å²) in [4.78, 5) is -0.681. The average molecular weight is 397 g/mol. The molecule has 0 unspecified atom stereocenters. The van der Waals surface area contributed by atoms with E-state index < -0.39 is 44.8 Å². The minimum atomic E-state index is -4.47. The number of halogens is 3. The Hall–Kier alpha value is -2.57. The Balaban J connectivity index is 2.15. The number of ether oxygens (including phenoxy) is 1. The fraction of sp³-hybridized carbons (Fsp3) is 0.278. The molecule has 0 radical (unpaired) electrons. The molecule has 142 valence electrons. The number of aliphatic hydroxyl groups is 1. The van der Waals surface area contributed by atoms with Crippen molar-refractivity contribution in [2.24, 2.45) is 0 Å². The zero-order valence-corrected chi connectivity index (χ0v) is 14.9. The topological polar surface area (TPSA) is 87.4 Å². The van der Waals surface area contributed by atoms with Crippen molar-refractivity contribution >= 4 is 9.84 Å². The maximum absolute atomic E-state index is 14.1. The van der Waals surface area contributed by atoms with Gasteiger partial charge in [-0.15, -0.1) is 0 Å². The molecule has 1 atom stereocenters. The normalized spacial score (nSPS) is 18.0. The first kappa shape index (κ1) is 19.2. The first-order chi connectivity index (χ1) is 12.6. The molecule has 1 aliphatic carbocycles. The quantitative estimate of drug-likeness (QED) is 0.852.